The van der Waals surface area contributed by atoms with Crippen molar-refractivity contribution in [1.29, 1.82) is 0 Å². The van der Waals surface area contributed by atoms with Crippen LogP contribution in [0.15, 0.2) is 0 Å². The number of aliphatic hydroxyl groups is 8. The highest BCUT2D eigenvalue weighted by molar-refractivity contribution is 5.16. The largest absolute Gasteiger partial charge is 0.396 e. The second kappa shape index (κ2) is 17.7. The zero-order valence-electron chi connectivity index (χ0n) is 23.6. The van der Waals surface area contributed by atoms with Crippen LogP contribution in [0.2, 0.25) is 0 Å². The maximum absolute atomic E-state index is 10.0. The fourth-order valence-corrected chi connectivity index (χ4v) is 6.89. The number of hydrogen-bond donors (Lipinski definition) is 8. The van der Waals surface area contributed by atoms with Crippen molar-refractivity contribution in [1.82, 2.24) is 0 Å². The van der Waals surface area contributed by atoms with Crippen LogP contribution in [-0.2, 0) is 28.4 Å². The molecule has 0 aromatic carbocycles. The predicted octanol–water partition coefficient (Wildman–Crippen LogP) is -2.65. The van der Waals surface area contributed by atoms with Gasteiger partial charge < -0.3 is 69.3 Å². The molecule has 3 aliphatic rings. The molecule has 0 aliphatic carbocycles. The Kier molecular flexibility index (Phi) is 15.0. The fraction of sp³-hybridized carbons (Fsp3) is 1.00. The summed E-state index contributed by atoms with van der Waals surface area (Å²) in [6, 6.07) is 0. The molecule has 0 bridgehead atoms. The first-order valence-electron chi connectivity index (χ1n) is 14.7. The van der Waals surface area contributed by atoms with Crippen LogP contribution in [0.5, 0.6) is 0 Å². The van der Waals surface area contributed by atoms with Crippen molar-refractivity contribution in [2.24, 2.45) is 23.7 Å². The van der Waals surface area contributed by atoms with Gasteiger partial charge in [-0.3, -0.25) is 0 Å². The maximum Gasteiger partial charge on any atom is 0.161 e. The predicted molar refractivity (Wildman–Crippen MR) is 140 cm³/mol. The Labute approximate surface area is 240 Å². The first-order valence-corrected chi connectivity index (χ1v) is 14.7. The molecule has 1 unspecified atom stereocenters. The number of epoxide rings is 1. The number of ether oxygens (including phenoxy) is 6. The van der Waals surface area contributed by atoms with E-state index in [-0.39, 0.29) is 111 Å². The van der Waals surface area contributed by atoms with Gasteiger partial charge in [-0.25, -0.2) is 0 Å². The lowest BCUT2D eigenvalue weighted by atomic mass is 9.70. The minimum absolute atomic E-state index is 0.00653. The highest BCUT2D eigenvalue weighted by Crippen LogP contribution is 2.56. The molecule has 11 atom stereocenters. The summed E-state index contributed by atoms with van der Waals surface area (Å²) in [4.78, 5) is 0. The molecule has 1 spiro atoms. The van der Waals surface area contributed by atoms with E-state index in [0.29, 0.717) is 0 Å². The van der Waals surface area contributed by atoms with Crippen LogP contribution in [0.4, 0.5) is 0 Å². The molecule has 242 valence electrons. The van der Waals surface area contributed by atoms with Gasteiger partial charge in [0.25, 0.3) is 0 Å². The maximum atomic E-state index is 10.0. The normalized spacial score (nSPS) is 38.9. The molecule has 14 nitrogen and oxygen atoms in total. The van der Waals surface area contributed by atoms with Gasteiger partial charge in [-0.2, -0.15) is 0 Å². The number of hydrogen-bond acceptors (Lipinski definition) is 14. The molecular weight excluding hydrogens is 548 g/mol. The Morgan fingerprint density at radius 2 is 1.22 bits per heavy atom. The molecule has 3 rings (SSSR count). The molecule has 0 amide bonds. The lowest BCUT2D eigenvalue weighted by molar-refractivity contribution is -0.337. The van der Waals surface area contributed by atoms with Gasteiger partial charge in [0.1, 0.15) is 17.8 Å². The van der Waals surface area contributed by atoms with E-state index >= 15 is 0 Å². The van der Waals surface area contributed by atoms with Gasteiger partial charge in [-0.1, -0.05) is 0 Å². The molecule has 8 N–H and O–H groups in total. The van der Waals surface area contributed by atoms with Crippen LogP contribution >= 0.6 is 0 Å². The van der Waals surface area contributed by atoms with Crippen molar-refractivity contribution in [2.75, 3.05) is 72.7 Å². The minimum Gasteiger partial charge on any atom is -0.396 e. The van der Waals surface area contributed by atoms with E-state index in [2.05, 4.69) is 0 Å². The van der Waals surface area contributed by atoms with Crippen LogP contribution in [0.3, 0.4) is 0 Å². The van der Waals surface area contributed by atoms with Crippen molar-refractivity contribution in [3.8, 4) is 0 Å². The van der Waals surface area contributed by atoms with E-state index < -0.39 is 60.4 Å². The van der Waals surface area contributed by atoms with Crippen molar-refractivity contribution < 1.29 is 69.3 Å². The van der Waals surface area contributed by atoms with Crippen LogP contribution < -0.4 is 0 Å². The Hall–Kier alpha value is -0.560. The number of aliphatic hydroxyl groups excluding tert-OH is 8. The summed E-state index contributed by atoms with van der Waals surface area (Å²) in [7, 11) is 0. The molecule has 3 fully saturated rings. The summed E-state index contributed by atoms with van der Waals surface area (Å²) < 4.78 is 36.8. The third-order valence-electron chi connectivity index (χ3n) is 8.61. The van der Waals surface area contributed by atoms with E-state index in [4.69, 9.17) is 28.4 Å². The standard InChI is InChI=1S/C27H50O14/c28-6-1-17-18(2-7-29)25(37-14-12-34)38-21(5-10-32)24(17)40-26-19(3-8-30)20(4-9-31)27(22(15-35)41-27)23(39-26)16-36-13-11-33/h17-26,28-35H,1-16H2/t17-,18-,19-,20-,21-,22?,23-,24+,25-,26+,27-/m1/s1. The highest BCUT2D eigenvalue weighted by atomic mass is 16.7. The highest BCUT2D eigenvalue weighted by Gasteiger charge is 2.71. The Morgan fingerprint density at radius 1 is 0.585 bits per heavy atom. The van der Waals surface area contributed by atoms with Crippen molar-refractivity contribution in [3.05, 3.63) is 0 Å². The summed E-state index contributed by atoms with van der Waals surface area (Å²) >= 11 is 0. The summed E-state index contributed by atoms with van der Waals surface area (Å²) in [6.07, 6.45) is -3.20. The average Bonchev–Trinajstić information content (AvgIpc) is 3.70. The van der Waals surface area contributed by atoms with Crippen LogP contribution in [0, 0.1) is 23.7 Å². The molecule has 0 radical (unpaired) electrons. The topological polar surface area (TPSA) is 221 Å². The van der Waals surface area contributed by atoms with E-state index in [1.165, 1.54) is 0 Å². The number of rotatable bonds is 20. The van der Waals surface area contributed by atoms with E-state index in [0.717, 1.165) is 0 Å². The quantitative estimate of drug-likeness (QED) is 0.0530. The van der Waals surface area contributed by atoms with Crippen molar-refractivity contribution in [2.45, 2.75) is 74.7 Å². The van der Waals surface area contributed by atoms with E-state index in [9.17, 15) is 40.9 Å². The molecule has 3 aliphatic heterocycles. The molecule has 0 aromatic heterocycles. The average molecular weight is 599 g/mol. The summed E-state index contributed by atoms with van der Waals surface area (Å²) in [6.45, 7) is -1.58. The third-order valence-corrected chi connectivity index (χ3v) is 8.61. The lowest BCUT2D eigenvalue weighted by Gasteiger charge is -2.51. The van der Waals surface area contributed by atoms with Crippen LogP contribution in [0.1, 0.15) is 32.1 Å². The van der Waals surface area contributed by atoms with Crippen molar-refractivity contribution >= 4 is 0 Å². The summed E-state index contributed by atoms with van der Waals surface area (Å²) in [5.41, 5.74) is -0.979. The molecule has 14 heteroatoms. The van der Waals surface area contributed by atoms with Gasteiger partial charge >= 0.3 is 0 Å². The molecular formula is C27H50O14. The minimum atomic E-state index is -0.979. The van der Waals surface area contributed by atoms with E-state index in [1.807, 2.05) is 0 Å². The Morgan fingerprint density at radius 3 is 1.80 bits per heavy atom. The Balaban J connectivity index is 1.97. The monoisotopic (exact) mass is 598 g/mol. The van der Waals surface area contributed by atoms with Gasteiger partial charge in [0.15, 0.2) is 12.6 Å². The van der Waals surface area contributed by atoms with Gasteiger partial charge in [0.2, 0.25) is 0 Å². The zero-order chi connectivity index (χ0) is 29.8. The summed E-state index contributed by atoms with van der Waals surface area (Å²) in [5.74, 6) is -1.66. The fourth-order valence-electron chi connectivity index (χ4n) is 6.89. The van der Waals surface area contributed by atoms with Crippen molar-refractivity contribution in [3.63, 3.8) is 0 Å². The van der Waals surface area contributed by atoms with E-state index in [1.54, 1.807) is 0 Å². The SMILES string of the molecule is OCCOC[C@H]1O[C@@H](O[C@H]2[C@H](CCO)[C@@H](CCO)[C@H](OCCO)O[C@@H]2CCO)[C@H](CCO)[C@@H](CCO)[C@]12OC2CO. The zero-order valence-corrected chi connectivity index (χ0v) is 23.6. The smallest absolute Gasteiger partial charge is 0.161 e. The molecule has 3 heterocycles. The Bertz CT molecular complexity index is 718. The second-order valence-electron chi connectivity index (χ2n) is 10.8. The van der Waals surface area contributed by atoms with Crippen LogP contribution in [-0.4, -0.2) is 156 Å². The molecule has 41 heavy (non-hydrogen) atoms. The lowest BCUT2D eigenvalue weighted by Crippen LogP contribution is -2.61. The molecule has 0 saturated carbocycles. The molecule has 0 aromatic rings. The summed E-state index contributed by atoms with van der Waals surface area (Å²) in [5, 5.41) is 78.2. The second-order valence-corrected chi connectivity index (χ2v) is 10.8. The van der Waals surface area contributed by atoms with Gasteiger partial charge in [0.05, 0.1) is 51.8 Å². The third kappa shape index (κ3) is 8.13. The van der Waals surface area contributed by atoms with Gasteiger partial charge in [-0.15, -0.1) is 0 Å². The molecule has 3 saturated heterocycles. The van der Waals surface area contributed by atoms with Gasteiger partial charge in [-0.05, 0) is 38.0 Å². The first kappa shape index (κ1) is 34.9. The first-order chi connectivity index (χ1) is 20.0. The van der Waals surface area contributed by atoms with Crippen LogP contribution in [0.25, 0.3) is 0 Å². The van der Waals surface area contributed by atoms with Gasteiger partial charge in [0, 0.05) is 50.8 Å².